The van der Waals surface area contributed by atoms with Gasteiger partial charge in [-0.15, -0.1) is 0 Å². The Kier molecular flexibility index (Phi) is 13.2. The van der Waals surface area contributed by atoms with Crippen molar-refractivity contribution in [2.45, 2.75) is 75.3 Å². The number of rotatable bonds is 13. The maximum absolute atomic E-state index is 13.3. The van der Waals surface area contributed by atoms with Crippen molar-refractivity contribution < 1.29 is 65.6 Å². The van der Waals surface area contributed by atoms with Crippen LogP contribution < -0.4 is 44.9 Å². The Labute approximate surface area is 247 Å². The average molecular weight is 582 g/mol. The zero-order valence-electron chi connectivity index (χ0n) is 21.7. The van der Waals surface area contributed by atoms with Gasteiger partial charge in [-0.1, -0.05) is 62.4 Å². The van der Waals surface area contributed by atoms with E-state index in [4.69, 9.17) is 0 Å². The number of hydrogen-bond donors (Lipinski definition) is 4. The summed E-state index contributed by atoms with van der Waals surface area (Å²) in [6.45, 7) is 0.357. The molecule has 3 rings (SSSR count). The van der Waals surface area contributed by atoms with Crippen molar-refractivity contribution in [2.24, 2.45) is 11.8 Å². The molecule has 1 aliphatic carbocycles. The molecule has 1 unspecified atom stereocenters. The van der Waals surface area contributed by atoms with E-state index in [0.717, 1.165) is 37.7 Å². The van der Waals surface area contributed by atoms with E-state index >= 15 is 0 Å². The largest absolute Gasteiger partial charge is 1.00 e. The smallest absolute Gasteiger partial charge is 0.746 e. The van der Waals surface area contributed by atoms with Crippen molar-refractivity contribution in [3.63, 3.8) is 0 Å². The Morgan fingerprint density at radius 3 is 2.29 bits per heavy atom. The first-order valence-corrected chi connectivity index (χ1v) is 15.8. The van der Waals surface area contributed by atoms with Gasteiger partial charge in [-0.3, -0.25) is 9.59 Å². The van der Waals surface area contributed by atoms with Crippen LogP contribution in [0.15, 0.2) is 30.3 Å². The molecular formula is C24H36N3NaO8S2. The van der Waals surface area contributed by atoms with Crippen molar-refractivity contribution in [1.29, 1.82) is 0 Å². The molecule has 11 nitrogen and oxygen atoms in total. The number of aliphatic hydroxyl groups is 1. The predicted molar refractivity (Wildman–Crippen MR) is 135 cm³/mol. The summed E-state index contributed by atoms with van der Waals surface area (Å²) in [5, 5.41) is 15.2. The molecular weight excluding hydrogens is 545 g/mol. The number of carbonyl (C=O) groups excluding carboxylic acids is 2. The summed E-state index contributed by atoms with van der Waals surface area (Å²) >= 11 is 0. The van der Waals surface area contributed by atoms with E-state index in [0.29, 0.717) is 13.0 Å². The number of aryl methyl sites for hydroxylation is 1. The van der Waals surface area contributed by atoms with Gasteiger partial charge in [-0.2, -0.15) is 0 Å². The molecule has 4 N–H and O–H groups in total. The van der Waals surface area contributed by atoms with E-state index in [9.17, 15) is 36.1 Å². The Morgan fingerprint density at radius 2 is 1.71 bits per heavy atom. The summed E-state index contributed by atoms with van der Waals surface area (Å²) in [4.78, 5) is 25.3. The van der Waals surface area contributed by atoms with Gasteiger partial charge in [-0.05, 0) is 37.2 Å². The number of nitrogens with one attached hydrogen (secondary N) is 3. The third-order valence-corrected chi connectivity index (χ3v) is 9.41. The predicted octanol–water partition coefficient (Wildman–Crippen LogP) is -2.63. The van der Waals surface area contributed by atoms with E-state index in [2.05, 4.69) is 15.4 Å². The SMILES string of the molecule is O=C1NCC[C@H]1C[C@H](NC(=O)[C@H](CC1CCCCC1)NS(=O)(=O)CCc1ccccc1)C(O)S(=O)(=O)[O-].[Na+]. The molecule has 1 aromatic rings. The number of sulfonamides is 1. The number of carbonyl (C=O) groups is 2. The van der Waals surface area contributed by atoms with Crippen molar-refractivity contribution in [2.75, 3.05) is 12.3 Å². The molecule has 0 aromatic heterocycles. The number of benzene rings is 1. The molecule has 1 saturated carbocycles. The van der Waals surface area contributed by atoms with Crippen LogP contribution in [0.25, 0.3) is 0 Å². The summed E-state index contributed by atoms with van der Waals surface area (Å²) in [5.74, 6) is -2.06. The molecule has 0 spiro atoms. The van der Waals surface area contributed by atoms with Crippen molar-refractivity contribution >= 4 is 32.0 Å². The minimum atomic E-state index is -5.21. The van der Waals surface area contributed by atoms with E-state index in [1.165, 1.54) is 0 Å². The Bertz CT molecular complexity index is 1130. The summed E-state index contributed by atoms with van der Waals surface area (Å²) in [7, 11) is -9.12. The molecule has 1 heterocycles. The minimum Gasteiger partial charge on any atom is -0.746 e. The molecule has 1 aliphatic heterocycles. The Morgan fingerprint density at radius 1 is 1.05 bits per heavy atom. The zero-order chi connectivity index (χ0) is 27.1. The van der Waals surface area contributed by atoms with Crippen LogP contribution in [0.2, 0.25) is 0 Å². The van der Waals surface area contributed by atoms with Crippen LogP contribution in [0.4, 0.5) is 0 Å². The van der Waals surface area contributed by atoms with Crippen LogP contribution in [0, 0.1) is 11.8 Å². The molecule has 1 aromatic carbocycles. The van der Waals surface area contributed by atoms with Crippen molar-refractivity contribution in [3.05, 3.63) is 35.9 Å². The maximum atomic E-state index is 13.3. The fourth-order valence-electron chi connectivity index (χ4n) is 5.04. The molecule has 0 radical (unpaired) electrons. The van der Waals surface area contributed by atoms with Crippen LogP contribution in [0.3, 0.4) is 0 Å². The number of aliphatic hydroxyl groups excluding tert-OH is 1. The molecule has 2 fully saturated rings. The second kappa shape index (κ2) is 15.1. The molecule has 14 heteroatoms. The fourth-order valence-corrected chi connectivity index (χ4v) is 6.89. The fraction of sp³-hybridized carbons (Fsp3) is 0.667. The standard InChI is InChI=1S/C24H37N3O8S2.Na/c28-22-19(11-13-25-22)16-21(24(30)37(33,34)35)26-23(29)20(15-18-9-5-2-6-10-18)27-36(31,32)14-12-17-7-3-1-4-8-17;/h1,3-4,7-8,18-21,24,27,30H,2,5-6,9-16H2,(H,25,28)(H,26,29)(H,33,34,35);/q;+1/p-1/t19-,20-,21-,24?;/m0./s1. The van der Waals surface area contributed by atoms with Gasteiger partial charge in [0, 0.05) is 12.5 Å². The molecule has 0 bridgehead atoms. The van der Waals surface area contributed by atoms with E-state index in [1.54, 1.807) is 24.3 Å². The van der Waals surface area contributed by atoms with E-state index in [-0.39, 0.29) is 66.4 Å². The summed E-state index contributed by atoms with van der Waals surface area (Å²) < 4.78 is 63.0. The molecule has 1 saturated heterocycles. The second-order valence-electron chi connectivity index (χ2n) is 9.98. The molecule has 2 aliphatic rings. The second-order valence-corrected chi connectivity index (χ2v) is 13.3. The molecule has 208 valence electrons. The topological polar surface area (TPSA) is 182 Å². The monoisotopic (exact) mass is 581 g/mol. The maximum Gasteiger partial charge on any atom is 1.00 e. The normalized spacial score (nSPS) is 21.1. The van der Waals surface area contributed by atoms with Crippen molar-refractivity contribution in [3.8, 4) is 0 Å². The molecule has 38 heavy (non-hydrogen) atoms. The van der Waals surface area contributed by atoms with Crippen LogP contribution >= 0.6 is 0 Å². The van der Waals surface area contributed by atoms with Gasteiger partial charge in [0.15, 0.2) is 5.44 Å². The van der Waals surface area contributed by atoms with Gasteiger partial charge in [0.2, 0.25) is 21.8 Å². The quantitative estimate of drug-likeness (QED) is 0.144. The van der Waals surface area contributed by atoms with Gasteiger partial charge in [0.25, 0.3) is 0 Å². The van der Waals surface area contributed by atoms with Crippen molar-refractivity contribution in [1.82, 2.24) is 15.4 Å². The van der Waals surface area contributed by atoms with Gasteiger partial charge < -0.3 is 20.3 Å². The van der Waals surface area contributed by atoms with Crippen LogP contribution in [0.5, 0.6) is 0 Å². The third kappa shape index (κ3) is 10.5. The number of hydrogen-bond acceptors (Lipinski definition) is 8. The van der Waals surface area contributed by atoms with E-state index in [1.807, 2.05) is 6.07 Å². The van der Waals surface area contributed by atoms with Gasteiger partial charge >= 0.3 is 29.6 Å². The Balaban J connectivity index is 0.00000507. The first-order valence-electron chi connectivity index (χ1n) is 12.7. The minimum absolute atomic E-state index is 0. The first kappa shape index (κ1) is 33.1. The average Bonchev–Trinajstić information content (AvgIpc) is 3.26. The number of amides is 2. The van der Waals surface area contributed by atoms with Gasteiger partial charge in [-0.25, -0.2) is 21.6 Å². The first-order chi connectivity index (χ1) is 17.4. The van der Waals surface area contributed by atoms with E-state index < -0.39 is 49.5 Å². The molecule has 4 atom stereocenters. The van der Waals surface area contributed by atoms with Crippen LogP contribution in [-0.4, -0.2) is 68.1 Å². The Hall–Kier alpha value is -1.06. The zero-order valence-corrected chi connectivity index (χ0v) is 25.3. The van der Waals surface area contributed by atoms with Gasteiger partial charge in [0.1, 0.15) is 16.2 Å². The summed E-state index contributed by atoms with van der Waals surface area (Å²) in [6.07, 6.45) is 5.19. The summed E-state index contributed by atoms with van der Waals surface area (Å²) in [5.41, 5.74) is -1.66. The van der Waals surface area contributed by atoms with Crippen LogP contribution in [-0.2, 0) is 36.2 Å². The third-order valence-electron chi connectivity index (χ3n) is 7.10. The van der Waals surface area contributed by atoms with Crippen LogP contribution in [0.1, 0.15) is 56.9 Å². The summed E-state index contributed by atoms with van der Waals surface area (Å²) in [6, 6.07) is 6.25. The van der Waals surface area contributed by atoms with Gasteiger partial charge in [0.05, 0.1) is 11.8 Å². The molecule has 2 amide bonds.